The Morgan fingerprint density at radius 2 is 2.33 bits per heavy atom. The van der Waals surface area contributed by atoms with Crippen LogP contribution in [0.1, 0.15) is 13.8 Å². The molecule has 0 aromatic rings. The molecule has 0 unspecified atom stereocenters. The van der Waals surface area contributed by atoms with Crippen molar-refractivity contribution in [3.63, 3.8) is 0 Å². The number of carbonyl (C=O) groups excluding carboxylic acids is 1. The lowest BCUT2D eigenvalue weighted by atomic mass is 10.7. The smallest absolute Gasteiger partial charge is 0.420 e. The first-order valence-electron chi connectivity index (χ1n) is 3.43. The van der Waals surface area contributed by atoms with Crippen LogP contribution in [-0.2, 0) is 8.92 Å². The highest BCUT2D eigenvalue weighted by atomic mass is 32.2. The topological polar surface area (TPSA) is 59.9 Å². The molecule has 0 atom stereocenters. The van der Waals surface area contributed by atoms with Gasteiger partial charge in [0.05, 0.1) is 6.61 Å². The van der Waals surface area contributed by atoms with Gasteiger partial charge in [0.2, 0.25) is 12.2 Å². The van der Waals surface area contributed by atoms with Gasteiger partial charge in [-0.15, -0.1) is 4.40 Å². The molecule has 0 saturated carbocycles. The van der Waals surface area contributed by atoms with E-state index in [1.165, 1.54) is 7.05 Å². The Hall–Kier alpha value is -0.910. The molecule has 0 bridgehead atoms. The van der Waals surface area contributed by atoms with Crippen molar-refractivity contribution in [3.05, 3.63) is 0 Å². The molecular weight excluding hydrogens is 180 g/mol. The van der Waals surface area contributed by atoms with E-state index < -0.39 is 6.09 Å². The quantitative estimate of drug-likeness (QED) is 0.317. The molecule has 0 aliphatic heterocycles. The molecule has 70 valence electrons. The van der Waals surface area contributed by atoms with Gasteiger partial charge in [-0.25, -0.2) is 4.79 Å². The van der Waals surface area contributed by atoms with Gasteiger partial charge in [-0.3, -0.25) is 0 Å². The van der Waals surface area contributed by atoms with Gasteiger partial charge in [0, 0.05) is 14.0 Å². The molecule has 12 heavy (non-hydrogen) atoms. The van der Waals surface area contributed by atoms with Crippen molar-refractivity contribution in [1.82, 2.24) is 5.32 Å². The molecule has 0 heterocycles. The number of carbonyl (C=O) groups is 1. The Morgan fingerprint density at radius 1 is 1.67 bits per heavy atom. The fraction of sp³-hybridized carbons (Fsp3) is 0.667. The number of ether oxygens (including phenoxy) is 1. The second-order valence-electron chi connectivity index (χ2n) is 1.74. The molecule has 0 aliphatic carbocycles. The maximum absolute atomic E-state index is 10.5. The maximum Gasteiger partial charge on any atom is 0.420 e. The van der Waals surface area contributed by atoms with Crippen molar-refractivity contribution in [1.29, 1.82) is 0 Å². The Balaban J connectivity index is 3.52. The average Bonchev–Trinajstić information content (AvgIpc) is 2.04. The minimum absolute atomic E-state index is 0.478. The molecule has 0 spiro atoms. The van der Waals surface area contributed by atoms with Crippen LogP contribution in [0.5, 0.6) is 0 Å². The van der Waals surface area contributed by atoms with Gasteiger partial charge in [0.25, 0.3) is 0 Å². The van der Waals surface area contributed by atoms with E-state index in [9.17, 15) is 4.79 Å². The number of hydrogen-bond acceptors (Lipinski definition) is 5. The van der Waals surface area contributed by atoms with Crippen LogP contribution in [0.2, 0.25) is 0 Å². The number of rotatable bonds is 3. The fourth-order valence-corrected chi connectivity index (χ4v) is 0.728. The minimum atomic E-state index is -0.534. The van der Waals surface area contributed by atoms with Crippen LogP contribution in [0.15, 0.2) is 4.40 Å². The van der Waals surface area contributed by atoms with Gasteiger partial charge in [-0.1, -0.05) is 0 Å². The van der Waals surface area contributed by atoms with Crippen molar-refractivity contribution in [3.8, 4) is 0 Å². The van der Waals surface area contributed by atoms with Crippen LogP contribution in [0.25, 0.3) is 0 Å². The summed E-state index contributed by atoms with van der Waals surface area (Å²) in [6.07, 6.45) is -0.534. The zero-order valence-corrected chi connectivity index (χ0v) is 8.10. The van der Waals surface area contributed by atoms with Gasteiger partial charge in [0.1, 0.15) is 0 Å². The summed E-state index contributed by atoms with van der Waals surface area (Å²) in [6, 6.07) is 0. The number of nitrogens with one attached hydrogen (secondary N) is 1. The van der Waals surface area contributed by atoms with Crippen molar-refractivity contribution in [2.75, 3.05) is 13.7 Å². The maximum atomic E-state index is 10.5. The summed E-state index contributed by atoms with van der Waals surface area (Å²) in [5, 5.41) is 2.28. The first-order valence-corrected chi connectivity index (χ1v) is 4.13. The molecular formula is C6H12N2O3S. The van der Waals surface area contributed by atoms with Crippen molar-refractivity contribution < 1.29 is 13.7 Å². The molecule has 0 saturated heterocycles. The Kier molecular flexibility index (Phi) is 6.26. The van der Waals surface area contributed by atoms with Crippen LogP contribution < -0.4 is 5.32 Å². The zero-order valence-electron chi connectivity index (χ0n) is 7.29. The van der Waals surface area contributed by atoms with E-state index in [0.717, 1.165) is 0 Å². The summed E-state index contributed by atoms with van der Waals surface area (Å²) < 4.78 is 13.2. The van der Waals surface area contributed by atoms with E-state index in [4.69, 9.17) is 4.74 Å². The first-order chi connectivity index (χ1) is 5.70. The highest BCUT2D eigenvalue weighted by Crippen LogP contribution is 2.04. The zero-order chi connectivity index (χ0) is 9.40. The number of hydrogen-bond donors (Lipinski definition) is 1. The minimum Gasteiger partial charge on any atom is -0.481 e. The summed E-state index contributed by atoms with van der Waals surface area (Å²) in [5.41, 5.74) is 0. The third kappa shape index (κ3) is 5.84. The molecule has 0 rings (SSSR count). The largest absolute Gasteiger partial charge is 0.481 e. The lowest BCUT2D eigenvalue weighted by Gasteiger charge is -1.99. The highest BCUT2D eigenvalue weighted by Gasteiger charge is 1.97. The Labute approximate surface area is 75.9 Å². The van der Waals surface area contributed by atoms with Gasteiger partial charge < -0.3 is 14.2 Å². The molecule has 1 N–H and O–H groups in total. The lowest BCUT2D eigenvalue weighted by Crippen LogP contribution is -2.15. The Morgan fingerprint density at radius 3 is 2.83 bits per heavy atom. The van der Waals surface area contributed by atoms with E-state index in [-0.39, 0.29) is 0 Å². The van der Waals surface area contributed by atoms with Crippen molar-refractivity contribution in [2.45, 2.75) is 13.8 Å². The van der Waals surface area contributed by atoms with Crippen LogP contribution in [0, 0.1) is 0 Å². The van der Waals surface area contributed by atoms with Gasteiger partial charge in [0.15, 0.2) is 5.90 Å². The molecule has 0 aromatic carbocycles. The number of amides is 1. The molecule has 5 nitrogen and oxygen atoms in total. The lowest BCUT2D eigenvalue weighted by molar-refractivity contribution is 0.211. The predicted octanol–water partition coefficient (Wildman–Crippen LogP) is 1.36. The first kappa shape index (κ1) is 11.1. The van der Waals surface area contributed by atoms with Gasteiger partial charge in [-0.05, 0) is 6.92 Å². The van der Waals surface area contributed by atoms with Crippen molar-refractivity contribution >= 4 is 24.2 Å². The molecule has 0 fully saturated rings. The highest BCUT2D eigenvalue weighted by molar-refractivity contribution is 7.93. The van der Waals surface area contributed by atoms with Crippen LogP contribution in [0.3, 0.4) is 0 Å². The van der Waals surface area contributed by atoms with Gasteiger partial charge >= 0.3 is 6.09 Å². The predicted molar refractivity (Wildman–Crippen MR) is 47.9 cm³/mol. The van der Waals surface area contributed by atoms with Crippen LogP contribution in [0.4, 0.5) is 4.79 Å². The molecule has 6 heteroatoms. The van der Waals surface area contributed by atoms with E-state index in [2.05, 4.69) is 13.9 Å². The normalized spacial score (nSPS) is 10.8. The standard InChI is InChI=1S/C6H12N2O3S/c1-4-10-5(2)8-12-11-6(9)7-3/h4H2,1-3H3,(H,7,9)/b8-5+. The van der Waals surface area contributed by atoms with E-state index >= 15 is 0 Å². The molecule has 1 amide bonds. The second kappa shape index (κ2) is 6.78. The molecule has 0 radical (unpaired) electrons. The fourth-order valence-electron chi connectivity index (χ4n) is 0.382. The summed E-state index contributed by atoms with van der Waals surface area (Å²) in [7, 11) is 1.47. The summed E-state index contributed by atoms with van der Waals surface area (Å²) in [5.74, 6) is 0.478. The van der Waals surface area contributed by atoms with Gasteiger partial charge in [-0.2, -0.15) is 0 Å². The Bertz CT molecular complexity index is 172. The summed E-state index contributed by atoms with van der Waals surface area (Å²) in [4.78, 5) is 10.5. The summed E-state index contributed by atoms with van der Waals surface area (Å²) >= 11 is 0.685. The van der Waals surface area contributed by atoms with Crippen LogP contribution in [-0.4, -0.2) is 25.6 Å². The third-order valence-corrected chi connectivity index (χ3v) is 1.39. The SMILES string of the molecule is CCO/C(C)=N/SOC(=O)NC. The second-order valence-corrected chi connectivity index (χ2v) is 2.24. The average molecular weight is 192 g/mol. The molecule has 0 aliphatic rings. The number of nitrogens with zero attached hydrogens (tertiary/aromatic N) is 1. The van der Waals surface area contributed by atoms with E-state index in [1.54, 1.807) is 6.92 Å². The molecule has 0 aromatic heterocycles. The van der Waals surface area contributed by atoms with Crippen LogP contribution >= 0.6 is 12.2 Å². The third-order valence-electron chi connectivity index (χ3n) is 0.836. The van der Waals surface area contributed by atoms with E-state index in [0.29, 0.717) is 24.7 Å². The van der Waals surface area contributed by atoms with E-state index in [1.807, 2.05) is 6.92 Å². The summed E-state index contributed by atoms with van der Waals surface area (Å²) in [6.45, 7) is 4.09. The van der Waals surface area contributed by atoms with Crippen molar-refractivity contribution in [2.24, 2.45) is 4.40 Å². The monoisotopic (exact) mass is 192 g/mol.